The molecule has 0 bridgehead atoms. The van der Waals surface area contributed by atoms with E-state index in [9.17, 15) is 19.8 Å². The number of cyclic esters (lactones) is 1. The molecule has 8 fully saturated rings. The molecule has 1 spiro atoms. The number of hydrogen-bond donors (Lipinski definition) is 2. The number of carbonyl (C=O) groups is 2. The highest BCUT2D eigenvalue weighted by molar-refractivity contribution is 5.90. The number of epoxide rings is 1. The minimum Gasteiger partial charge on any atom is -0.458 e. The van der Waals surface area contributed by atoms with Gasteiger partial charge in [-0.2, -0.15) is 0 Å². The van der Waals surface area contributed by atoms with Gasteiger partial charge in [-0.25, -0.2) is 9.48 Å². The molecule has 320 valence electrons. The van der Waals surface area contributed by atoms with Crippen molar-refractivity contribution in [3.8, 4) is 0 Å². The van der Waals surface area contributed by atoms with E-state index < -0.39 is 65.3 Å². The highest BCUT2D eigenvalue weighted by Crippen LogP contribution is 2.74. The molecule has 0 aromatic carbocycles. The van der Waals surface area contributed by atoms with Gasteiger partial charge in [-0.15, -0.1) is 5.10 Å². The maximum Gasteiger partial charge on any atom is 0.336 e. The number of esters is 1. The Hall–Kier alpha value is -2.34. The van der Waals surface area contributed by atoms with E-state index in [1.54, 1.807) is 10.9 Å². The number of ether oxygens (including phenoxy) is 8. The van der Waals surface area contributed by atoms with Crippen LogP contribution in [0.5, 0.6) is 0 Å². The van der Waals surface area contributed by atoms with Gasteiger partial charge in [0.15, 0.2) is 17.9 Å². The Labute approximate surface area is 339 Å². The molecule has 1 aromatic rings. The predicted molar refractivity (Wildman–Crippen MR) is 201 cm³/mol. The summed E-state index contributed by atoms with van der Waals surface area (Å²) in [5.74, 6) is -0.490. The summed E-state index contributed by atoms with van der Waals surface area (Å²) in [6.45, 7) is 16.2. The highest BCUT2D eigenvalue weighted by Gasteiger charge is 2.82. The second-order valence-corrected chi connectivity index (χ2v) is 20.4. The molecule has 0 radical (unpaired) electrons. The Bertz CT molecular complexity index is 1880. The van der Waals surface area contributed by atoms with E-state index in [4.69, 9.17) is 37.9 Å². The van der Waals surface area contributed by atoms with Gasteiger partial charge >= 0.3 is 5.97 Å². The van der Waals surface area contributed by atoms with Crippen molar-refractivity contribution in [2.45, 2.75) is 179 Å². The third-order valence-electron chi connectivity index (χ3n) is 16.7. The van der Waals surface area contributed by atoms with Gasteiger partial charge in [0.05, 0.1) is 49.2 Å². The number of aliphatic hydroxyl groups is 2. The zero-order valence-corrected chi connectivity index (χ0v) is 35.0. The van der Waals surface area contributed by atoms with Gasteiger partial charge in [-0.05, 0) is 109 Å². The average molecular weight is 812 g/mol. The zero-order chi connectivity index (χ0) is 40.9. The van der Waals surface area contributed by atoms with Crippen LogP contribution in [0, 0.1) is 40.4 Å². The van der Waals surface area contributed by atoms with Crippen molar-refractivity contribution in [1.29, 1.82) is 0 Å². The minimum absolute atomic E-state index is 0.0400. The van der Waals surface area contributed by atoms with Crippen LogP contribution in [0.4, 0.5) is 0 Å². The number of fused-ring (bicyclic) bond motifs is 5. The first-order valence-electron chi connectivity index (χ1n) is 21.7. The smallest absolute Gasteiger partial charge is 0.336 e. The van der Waals surface area contributed by atoms with Crippen molar-refractivity contribution in [2.24, 2.45) is 40.4 Å². The molecule has 4 aliphatic carbocycles. The molecule has 15 nitrogen and oxygen atoms in total. The fourth-order valence-electron chi connectivity index (χ4n) is 13.9. The minimum atomic E-state index is -0.965. The van der Waals surface area contributed by atoms with Gasteiger partial charge in [-0.3, -0.25) is 4.79 Å². The molecular formula is C43H61N3O12. The van der Waals surface area contributed by atoms with Crippen LogP contribution in [0.15, 0.2) is 17.3 Å². The van der Waals surface area contributed by atoms with Crippen LogP contribution in [-0.4, -0.2) is 116 Å². The SMILES string of the molecule is CC1=C(CO)C(=O)O[C@@H]([C@@H](C)[C@H]2CC[C@H]3[C@@H]4C[C@H]5O[C@]56[C@@H](O)[C@@H](n5cc(CO[C@@H]7[C@H]8OC(C)(C)O[C@H]8O[C@@H]7[C@@H]7COC(C)(C)O7)nn5)CC(=O)[C@]6(C)[C@H]4CC[C@]23C)C1. The van der Waals surface area contributed by atoms with E-state index in [0.29, 0.717) is 42.0 Å². The summed E-state index contributed by atoms with van der Waals surface area (Å²) >= 11 is 0. The Morgan fingerprint density at radius 1 is 0.983 bits per heavy atom. The van der Waals surface area contributed by atoms with Crippen LogP contribution in [0.1, 0.15) is 112 Å². The zero-order valence-electron chi connectivity index (χ0n) is 35.0. The molecule has 4 saturated heterocycles. The van der Waals surface area contributed by atoms with Crippen LogP contribution in [-0.2, 0) is 54.1 Å². The average Bonchev–Trinajstić information content (AvgIpc) is 3.62. The summed E-state index contributed by atoms with van der Waals surface area (Å²) in [7, 11) is 0. The van der Waals surface area contributed by atoms with Gasteiger partial charge in [0.2, 0.25) is 0 Å². The Balaban J connectivity index is 0.832. The first kappa shape index (κ1) is 39.8. The fraction of sp³-hybridized carbons (Fsp3) is 0.860. The van der Waals surface area contributed by atoms with Gasteiger partial charge in [-0.1, -0.05) is 24.6 Å². The summed E-state index contributed by atoms with van der Waals surface area (Å²) in [5.41, 5.74) is 0.113. The highest BCUT2D eigenvalue weighted by atomic mass is 16.8. The van der Waals surface area contributed by atoms with Crippen LogP contribution in [0.25, 0.3) is 0 Å². The number of ketones is 1. The molecular weight excluding hydrogens is 750 g/mol. The number of hydrogen-bond acceptors (Lipinski definition) is 14. The molecule has 1 aromatic heterocycles. The van der Waals surface area contributed by atoms with E-state index in [1.807, 2.05) is 34.6 Å². The second kappa shape index (κ2) is 13.3. The summed E-state index contributed by atoms with van der Waals surface area (Å²) in [5, 5.41) is 30.9. The molecule has 5 aliphatic heterocycles. The topological polar surface area (TPSA) is 182 Å². The van der Waals surface area contributed by atoms with Gasteiger partial charge in [0.1, 0.15) is 53.7 Å². The van der Waals surface area contributed by atoms with E-state index in [2.05, 4.69) is 31.1 Å². The van der Waals surface area contributed by atoms with E-state index in [0.717, 1.165) is 37.7 Å². The number of carbonyl (C=O) groups excluding carboxylic acids is 2. The summed E-state index contributed by atoms with van der Waals surface area (Å²) in [6.07, 6.45) is 3.48. The second-order valence-electron chi connectivity index (χ2n) is 20.4. The number of aliphatic hydroxyl groups excluding tert-OH is 2. The monoisotopic (exact) mass is 811 g/mol. The van der Waals surface area contributed by atoms with Crippen molar-refractivity contribution in [3.05, 3.63) is 23.0 Å². The van der Waals surface area contributed by atoms with Crippen LogP contribution < -0.4 is 0 Å². The lowest BCUT2D eigenvalue weighted by molar-refractivity contribution is -0.236. The standard InChI is InChI=1S/C43H61N3O12/c1-20-13-29(53-37(50)24(20)17-47)21(2)25-9-10-26-23-14-32-43(56-32)36(49)28(15-31(48)42(43,8)27(23)11-12-41(25,26)7)46-16-22(44-45-46)18-51-34-33(30-19-52-39(3,4)55-30)54-38-35(34)57-40(5,6)58-38/h16,21,23,25-30,32-36,38,47,49H,9-15,17-19H2,1-8H3/t21-,23-,25+,26-,27-,28-,29+,30-,32+,33+,34-,35+,36-,38+,41+,42-,43-/m0/s1. The van der Waals surface area contributed by atoms with Gasteiger partial charge in [0.25, 0.3) is 0 Å². The van der Waals surface area contributed by atoms with Crippen LogP contribution in [0.3, 0.4) is 0 Å². The lowest BCUT2D eigenvalue weighted by Crippen LogP contribution is -2.67. The van der Waals surface area contributed by atoms with Gasteiger partial charge in [0, 0.05) is 12.8 Å². The van der Waals surface area contributed by atoms with Crippen molar-refractivity contribution in [2.75, 3.05) is 13.2 Å². The number of Topliss-reactive ketones (excluding diaryl/α,β-unsaturated/α-hetero) is 1. The maximum atomic E-state index is 14.7. The Kier molecular flexibility index (Phi) is 9.14. The Morgan fingerprint density at radius 3 is 2.50 bits per heavy atom. The third kappa shape index (κ3) is 5.69. The fourth-order valence-corrected chi connectivity index (χ4v) is 13.9. The first-order valence-corrected chi connectivity index (χ1v) is 21.7. The summed E-state index contributed by atoms with van der Waals surface area (Å²) in [6, 6.07) is -0.624. The molecule has 17 atom stereocenters. The molecule has 0 amide bonds. The lowest BCUT2D eigenvalue weighted by Gasteiger charge is -2.59. The predicted octanol–water partition coefficient (Wildman–Crippen LogP) is 3.93. The molecule has 58 heavy (non-hydrogen) atoms. The largest absolute Gasteiger partial charge is 0.458 e. The van der Waals surface area contributed by atoms with Crippen molar-refractivity contribution in [3.63, 3.8) is 0 Å². The number of rotatable bonds is 8. The normalized spacial score (nSPS) is 49.2. The first-order chi connectivity index (χ1) is 27.4. The lowest BCUT2D eigenvalue weighted by atomic mass is 9.43. The Morgan fingerprint density at radius 2 is 1.78 bits per heavy atom. The van der Waals surface area contributed by atoms with Crippen LogP contribution >= 0.6 is 0 Å². The molecule has 15 heteroatoms. The quantitative estimate of drug-likeness (QED) is 0.285. The molecule has 4 saturated carbocycles. The molecule has 0 unspecified atom stereocenters. The molecule has 2 N–H and O–H groups in total. The maximum absolute atomic E-state index is 14.7. The third-order valence-corrected chi connectivity index (χ3v) is 16.7. The van der Waals surface area contributed by atoms with Crippen molar-refractivity contribution >= 4 is 11.8 Å². The molecule has 9 aliphatic rings. The van der Waals surface area contributed by atoms with E-state index >= 15 is 0 Å². The van der Waals surface area contributed by atoms with Crippen LogP contribution in [0.2, 0.25) is 0 Å². The number of nitrogens with zero attached hydrogens (tertiary/aromatic N) is 3. The molecule has 10 rings (SSSR count). The van der Waals surface area contributed by atoms with E-state index in [-0.39, 0.29) is 61.0 Å². The van der Waals surface area contributed by atoms with Crippen molar-refractivity contribution in [1.82, 2.24) is 15.0 Å². The van der Waals surface area contributed by atoms with Crippen molar-refractivity contribution < 1.29 is 57.7 Å². The van der Waals surface area contributed by atoms with Gasteiger partial charge < -0.3 is 48.1 Å². The summed E-state index contributed by atoms with van der Waals surface area (Å²) in [4.78, 5) is 27.4. The van der Waals surface area contributed by atoms with E-state index in [1.165, 1.54) is 0 Å². The molecule has 6 heterocycles. The summed E-state index contributed by atoms with van der Waals surface area (Å²) < 4.78 is 51.2. The number of aromatic nitrogens is 3.